The van der Waals surface area contributed by atoms with Crippen molar-refractivity contribution in [2.45, 2.75) is 57.0 Å². The van der Waals surface area contributed by atoms with Gasteiger partial charge in [-0.25, -0.2) is 0 Å². The number of nitrogens with zero attached hydrogens (tertiary/aromatic N) is 1. The molecule has 3 nitrogen and oxygen atoms in total. The number of carbonyl (C=O) groups excluding carboxylic acids is 1. The average molecular weight is 211 g/mol. The Morgan fingerprint density at radius 3 is 2.33 bits per heavy atom. The van der Waals surface area contributed by atoms with Gasteiger partial charge in [-0.05, 0) is 19.3 Å². The van der Waals surface area contributed by atoms with Crippen LogP contribution in [0.25, 0.3) is 0 Å². The van der Waals surface area contributed by atoms with Crippen LogP contribution in [0.3, 0.4) is 0 Å². The molecule has 0 aromatic rings. The van der Waals surface area contributed by atoms with Gasteiger partial charge in [0.05, 0.1) is 5.60 Å². The molecule has 1 aliphatic carbocycles. The normalized spacial score (nSPS) is 26.7. The summed E-state index contributed by atoms with van der Waals surface area (Å²) in [6, 6.07) is 0. The number of hydrogen-bond donors (Lipinski definition) is 1. The van der Waals surface area contributed by atoms with Crippen LogP contribution in [-0.4, -0.2) is 34.6 Å². The van der Waals surface area contributed by atoms with Crippen molar-refractivity contribution in [3.8, 4) is 0 Å². The van der Waals surface area contributed by atoms with Crippen molar-refractivity contribution in [3.63, 3.8) is 0 Å². The molecule has 1 saturated carbocycles. The summed E-state index contributed by atoms with van der Waals surface area (Å²) in [5.74, 6) is 0.229. The van der Waals surface area contributed by atoms with Crippen molar-refractivity contribution in [3.05, 3.63) is 0 Å². The Hall–Kier alpha value is -0.570. The summed E-state index contributed by atoms with van der Waals surface area (Å²) in [5.41, 5.74) is -0.587. The molecule has 2 fully saturated rings. The Kier molecular flexibility index (Phi) is 3.29. The molecule has 86 valence electrons. The van der Waals surface area contributed by atoms with E-state index >= 15 is 0 Å². The first-order valence-electron chi connectivity index (χ1n) is 6.20. The molecule has 1 saturated heterocycles. The lowest BCUT2D eigenvalue weighted by molar-refractivity contribution is -0.131. The second-order valence-corrected chi connectivity index (χ2v) is 5.06. The molecule has 15 heavy (non-hydrogen) atoms. The molecule has 0 atom stereocenters. The smallest absolute Gasteiger partial charge is 0.222 e. The fraction of sp³-hybridized carbons (Fsp3) is 0.917. The highest BCUT2D eigenvalue weighted by molar-refractivity contribution is 5.78. The van der Waals surface area contributed by atoms with Crippen LogP contribution in [-0.2, 0) is 4.79 Å². The van der Waals surface area contributed by atoms with Gasteiger partial charge in [0.25, 0.3) is 0 Å². The van der Waals surface area contributed by atoms with Crippen molar-refractivity contribution in [1.82, 2.24) is 4.90 Å². The number of hydrogen-bond acceptors (Lipinski definition) is 2. The molecule has 0 aromatic carbocycles. The van der Waals surface area contributed by atoms with E-state index in [0.29, 0.717) is 13.0 Å². The molecule has 3 heteroatoms. The van der Waals surface area contributed by atoms with Crippen molar-refractivity contribution in [1.29, 1.82) is 0 Å². The molecule has 2 rings (SSSR count). The molecule has 2 aliphatic rings. The lowest BCUT2D eigenvalue weighted by Gasteiger charge is -2.31. The molecule has 1 N–H and O–H groups in total. The molecule has 1 amide bonds. The topological polar surface area (TPSA) is 40.5 Å². The maximum atomic E-state index is 11.5. The van der Waals surface area contributed by atoms with E-state index in [2.05, 4.69) is 0 Å². The number of rotatable bonds is 2. The number of likely N-dealkylation sites (tertiary alicyclic amines) is 1. The Morgan fingerprint density at radius 2 is 1.80 bits per heavy atom. The largest absolute Gasteiger partial charge is 0.388 e. The first-order valence-corrected chi connectivity index (χ1v) is 6.20. The highest BCUT2D eigenvalue weighted by atomic mass is 16.3. The van der Waals surface area contributed by atoms with Crippen LogP contribution in [0.1, 0.15) is 51.4 Å². The maximum Gasteiger partial charge on any atom is 0.222 e. The first-order chi connectivity index (χ1) is 7.20. The van der Waals surface area contributed by atoms with Gasteiger partial charge < -0.3 is 10.0 Å². The third kappa shape index (κ3) is 2.71. The minimum absolute atomic E-state index is 0.229. The van der Waals surface area contributed by atoms with Crippen LogP contribution in [0.5, 0.6) is 0 Å². The molecule has 1 heterocycles. The fourth-order valence-corrected chi connectivity index (χ4v) is 2.77. The van der Waals surface area contributed by atoms with Gasteiger partial charge in [-0.2, -0.15) is 0 Å². The third-order valence-electron chi connectivity index (χ3n) is 3.69. The molecule has 0 bridgehead atoms. The van der Waals surface area contributed by atoms with Crippen molar-refractivity contribution in [2.24, 2.45) is 0 Å². The summed E-state index contributed by atoms with van der Waals surface area (Å²) in [4.78, 5) is 13.3. The van der Waals surface area contributed by atoms with Gasteiger partial charge >= 0.3 is 0 Å². The van der Waals surface area contributed by atoms with Gasteiger partial charge in [0.1, 0.15) is 0 Å². The van der Waals surface area contributed by atoms with Crippen molar-refractivity contribution >= 4 is 5.91 Å². The van der Waals surface area contributed by atoms with Crippen LogP contribution in [0.2, 0.25) is 0 Å². The first kappa shape index (κ1) is 10.9. The van der Waals surface area contributed by atoms with Crippen molar-refractivity contribution < 1.29 is 9.90 Å². The summed E-state index contributed by atoms with van der Waals surface area (Å²) in [7, 11) is 0. The summed E-state index contributed by atoms with van der Waals surface area (Å²) in [6.07, 6.45) is 8.07. The number of β-amino-alcohol motifs (C(OH)–C–C–N with tert-alkyl or cyclic N) is 1. The Labute approximate surface area is 91.5 Å². The van der Waals surface area contributed by atoms with E-state index in [4.69, 9.17) is 0 Å². The predicted molar refractivity (Wildman–Crippen MR) is 58.5 cm³/mol. The highest BCUT2D eigenvalue weighted by Gasteiger charge is 2.33. The zero-order chi connectivity index (χ0) is 10.7. The maximum absolute atomic E-state index is 11.5. The monoisotopic (exact) mass is 211 g/mol. The zero-order valence-corrected chi connectivity index (χ0v) is 9.37. The van der Waals surface area contributed by atoms with Crippen LogP contribution in [0.4, 0.5) is 0 Å². The average Bonchev–Trinajstić information content (AvgIpc) is 2.48. The molecular formula is C12H21NO2. The minimum atomic E-state index is -0.587. The van der Waals surface area contributed by atoms with Crippen molar-refractivity contribution in [2.75, 3.05) is 13.1 Å². The Morgan fingerprint density at radius 1 is 1.13 bits per heavy atom. The molecule has 1 aliphatic heterocycles. The van der Waals surface area contributed by atoms with Gasteiger partial charge in [0.2, 0.25) is 5.91 Å². The zero-order valence-electron chi connectivity index (χ0n) is 9.37. The van der Waals surface area contributed by atoms with E-state index in [1.54, 1.807) is 0 Å². The summed E-state index contributed by atoms with van der Waals surface area (Å²) < 4.78 is 0. The van der Waals surface area contributed by atoms with Crippen LogP contribution < -0.4 is 0 Å². The minimum Gasteiger partial charge on any atom is -0.388 e. The predicted octanol–water partition coefficient (Wildman–Crippen LogP) is 1.69. The summed E-state index contributed by atoms with van der Waals surface area (Å²) in [5, 5.41) is 10.4. The second kappa shape index (κ2) is 4.52. The van der Waals surface area contributed by atoms with Crippen LogP contribution in [0.15, 0.2) is 0 Å². The van der Waals surface area contributed by atoms with E-state index in [1.807, 2.05) is 4.90 Å². The lowest BCUT2D eigenvalue weighted by atomic mass is 9.94. The standard InChI is InChI=1S/C12H21NO2/c14-11-6-5-9-13(11)10-12(15)7-3-1-2-4-8-12/h15H,1-10H2. The molecule has 0 unspecified atom stereocenters. The quantitative estimate of drug-likeness (QED) is 0.706. The van der Waals surface area contributed by atoms with Crippen LogP contribution in [0, 0.1) is 0 Å². The summed E-state index contributed by atoms with van der Waals surface area (Å²) in [6.45, 7) is 1.42. The molecule has 0 radical (unpaired) electrons. The van der Waals surface area contributed by atoms with E-state index in [9.17, 15) is 9.90 Å². The molecular weight excluding hydrogens is 190 g/mol. The Balaban J connectivity index is 1.92. The summed E-state index contributed by atoms with van der Waals surface area (Å²) >= 11 is 0. The Bertz CT molecular complexity index is 232. The van der Waals surface area contributed by atoms with Crippen LogP contribution >= 0.6 is 0 Å². The van der Waals surface area contributed by atoms with Gasteiger partial charge in [0, 0.05) is 19.5 Å². The number of amides is 1. The molecule has 0 spiro atoms. The third-order valence-corrected chi connectivity index (χ3v) is 3.69. The SMILES string of the molecule is O=C1CCCN1CC1(O)CCCCCC1. The van der Waals surface area contributed by atoms with Gasteiger partial charge in [-0.1, -0.05) is 25.7 Å². The number of aliphatic hydroxyl groups is 1. The van der Waals surface area contributed by atoms with Gasteiger partial charge in [0.15, 0.2) is 0 Å². The number of carbonyl (C=O) groups is 1. The van der Waals surface area contributed by atoms with Gasteiger partial charge in [-0.15, -0.1) is 0 Å². The second-order valence-electron chi connectivity index (χ2n) is 5.06. The van der Waals surface area contributed by atoms with E-state index < -0.39 is 5.60 Å². The van der Waals surface area contributed by atoms with E-state index in [1.165, 1.54) is 12.8 Å². The van der Waals surface area contributed by atoms with E-state index in [-0.39, 0.29) is 5.91 Å². The molecule has 0 aromatic heterocycles. The highest BCUT2D eigenvalue weighted by Crippen LogP contribution is 2.28. The fourth-order valence-electron chi connectivity index (χ4n) is 2.77. The van der Waals surface area contributed by atoms with Gasteiger partial charge in [-0.3, -0.25) is 4.79 Å². The lowest BCUT2D eigenvalue weighted by Crippen LogP contribution is -2.43. The van der Waals surface area contributed by atoms with E-state index in [0.717, 1.165) is 38.6 Å².